The third-order valence-electron chi connectivity index (χ3n) is 6.08. The van der Waals surface area contributed by atoms with Crippen molar-refractivity contribution in [1.29, 1.82) is 0 Å². The molecular weight excluding hydrogens is 386 g/mol. The largest absolute Gasteiger partial charge is 0.491 e. The molecular formula is C27H31NO3. The average molecular weight is 418 g/mol. The average Bonchev–Trinajstić information content (AvgIpc) is 3.04. The van der Waals surface area contributed by atoms with Crippen molar-refractivity contribution in [1.82, 2.24) is 0 Å². The first-order valence-electron chi connectivity index (χ1n) is 11.1. The number of aryl methyl sites for hydroxylation is 1. The number of nitrogens with two attached hydrogens (primary N) is 1. The van der Waals surface area contributed by atoms with Crippen molar-refractivity contribution in [2.45, 2.75) is 44.4 Å². The predicted octanol–water partition coefficient (Wildman–Crippen LogP) is 4.53. The lowest BCUT2D eigenvalue weighted by Crippen LogP contribution is -2.45. The summed E-state index contributed by atoms with van der Waals surface area (Å²) in [5.41, 5.74) is 10.3. The first-order chi connectivity index (χ1) is 15.2. The quantitative estimate of drug-likeness (QED) is 0.529. The van der Waals surface area contributed by atoms with Crippen LogP contribution in [0, 0.1) is 5.92 Å². The molecule has 0 bridgehead atoms. The molecule has 1 aliphatic rings. The number of ether oxygens (including phenoxy) is 2. The summed E-state index contributed by atoms with van der Waals surface area (Å²) in [6.45, 7) is 0.757. The number of benzene rings is 3. The van der Waals surface area contributed by atoms with Gasteiger partial charge >= 0.3 is 0 Å². The van der Waals surface area contributed by atoms with Gasteiger partial charge in [0.15, 0.2) is 0 Å². The molecule has 4 nitrogen and oxygen atoms in total. The Morgan fingerprint density at radius 1 is 0.871 bits per heavy atom. The van der Waals surface area contributed by atoms with E-state index >= 15 is 0 Å². The number of rotatable bonds is 8. The number of para-hydroxylation sites is 1. The van der Waals surface area contributed by atoms with Crippen LogP contribution in [0.3, 0.4) is 0 Å². The topological polar surface area (TPSA) is 64.7 Å². The van der Waals surface area contributed by atoms with Crippen molar-refractivity contribution in [2.24, 2.45) is 11.7 Å². The molecule has 4 heteroatoms. The van der Waals surface area contributed by atoms with Crippen LogP contribution >= 0.6 is 0 Å². The van der Waals surface area contributed by atoms with Crippen molar-refractivity contribution in [2.75, 3.05) is 6.61 Å². The molecule has 4 rings (SSSR count). The summed E-state index contributed by atoms with van der Waals surface area (Å²) in [4.78, 5) is 0. The number of aliphatic hydroxyl groups excluding tert-OH is 1. The van der Waals surface area contributed by atoms with E-state index in [4.69, 9.17) is 15.2 Å². The van der Waals surface area contributed by atoms with Gasteiger partial charge in [0, 0.05) is 6.04 Å². The summed E-state index contributed by atoms with van der Waals surface area (Å²) in [7, 11) is 0. The minimum Gasteiger partial charge on any atom is -0.491 e. The van der Waals surface area contributed by atoms with E-state index in [2.05, 4.69) is 30.3 Å². The molecule has 162 valence electrons. The second-order valence-electron chi connectivity index (χ2n) is 8.33. The zero-order chi connectivity index (χ0) is 21.5. The Morgan fingerprint density at radius 3 is 2.39 bits per heavy atom. The maximum absolute atomic E-state index is 10.7. The molecule has 3 aromatic carbocycles. The number of hydrogen-bond donors (Lipinski definition) is 2. The van der Waals surface area contributed by atoms with Gasteiger partial charge in [-0.15, -0.1) is 0 Å². The molecule has 0 spiro atoms. The molecule has 1 aliphatic carbocycles. The molecule has 0 fully saturated rings. The third kappa shape index (κ3) is 5.87. The fourth-order valence-electron chi connectivity index (χ4n) is 4.26. The van der Waals surface area contributed by atoms with Crippen LogP contribution < -0.4 is 15.2 Å². The van der Waals surface area contributed by atoms with Crippen LogP contribution in [0.5, 0.6) is 11.5 Å². The van der Waals surface area contributed by atoms with Crippen LogP contribution in [-0.4, -0.2) is 23.9 Å². The van der Waals surface area contributed by atoms with Gasteiger partial charge in [0.1, 0.15) is 30.8 Å². The summed E-state index contributed by atoms with van der Waals surface area (Å²) >= 11 is 0. The lowest BCUT2D eigenvalue weighted by atomic mass is 9.87. The Morgan fingerprint density at radius 2 is 1.61 bits per heavy atom. The van der Waals surface area contributed by atoms with Crippen LogP contribution in [-0.2, 0) is 19.4 Å². The Bertz CT molecular complexity index is 945. The molecule has 0 aromatic heterocycles. The summed E-state index contributed by atoms with van der Waals surface area (Å²) in [6.07, 6.45) is 3.25. The molecule has 0 heterocycles. The highest BCUT2D eigenvalue weighted by molar-refractivity contribution is 5.37. The van der Waals surface area contributed by atoms with Crippen LogP contribution in [0.4, 0.5) is 0 Å². The maximum atomic E-state index is 10.7. The van der Waals surface area contributed by atoms with Crippen LogP contribution in [0.2, 0.25) is 0 Å². The summed E-state index contributed by atoms with van der Waals surface area (Å²) < 4.78 is 11.8. The Labute approximate surface area is 184 Å². The van der Waals surface area contributed by atoms with Gasteiger partial charge in [-0.2, -0.15) is 0 Å². The van der Waals surface area contributed by atoms with E-state index in [0.29, 0.717) is 6.61 Å². The molecule has 3 aromatic rings. The summed E-state index contributed by atoms with van der Waals surface area (Å²) in [6, 6.07) is 25.8. The Kier molecular flexibility index (Phi) is 7.23. The van der Waals surface area contributed by atoms with E-state index in [1.54, 1.807) is 0 Å². The zero-order valence-electron chi connectivity index (χ0n) is 17.8. The molecule has 31 heavy (non-hydrogen) atoms. The number of hydrogen-bond acceptors (Lipinski definition) is 4. The lowest BCUT2D eigenvalue weighted by Gasteiger charge is -2.27. The smallest absolute Gasteiger partial charge is 0.120 e. The van der Waals surface area contributed by atoms with Crippen molar-refractivity contribution in [3.05, 3.63) is 95.6 Å². The Balaban J connectivity index is 1.38. The van der Waals surface area contributed by atoms with Crippen molar-refractivity contribution >= 4 is 0 Å². The van der Waals surface area contributed by atoms with Gasteiger partial charge < -0.3 is 20.3 Å². The van der Waals surface area contributed by atoms with Crippen LogP contribution in [0.1, 0.15) is 29.5 Å². The molecule has 0 saturated carbocycles. The highest BCUT2D eigenvalue weighted by atomic mass is 16.5. The third-order valence-corrected chi connectivity index (χ3v) is 6.08. The van der Waals surface area contributed by atoms with E-state index in [1.165, 1.54) is 11.1 Å². The van der Waals surface area contributed by atoms with Gasteiger partial charge in [-0.1, -0.05) is 54.6 Å². The summed E-state index contributed by atoms with van der Waals surface area (Å²) in [5.74, 6) is 1.84. The fourth-order valence-corrected chi connectivity index (χ4v) is 4.26. The van der Waals surface area contributed by atoms with Crippen molar-refractivity contribution in [3.8, 4) is 11.5 Å². The van der Waals surface area contributed by atoms with Gasteiger partial charge in [-0.3, -0.25) is 0 Å². The highest BCUT2D eigenvalue weighted by Gasteiger charge is 2.28. The first kappa shape index (κ1) is 21.4. The van der Waals surface area contributed by atoms with E-state index in [9.17, 15) is 5.11 Å². The van der Waals surface area contributed by atoms with Crippen molar-refractivity contribution < 1.29 is 14.6 Å². The van der Waals surface area contributed by atoms with Crippen molar-refractivity contribution in [3.63, 3.8) is 0 Å². The van der Waals surface area contributed by atoms with Gasteiger partial charge in [0.25, 0.3) is 0 Å². The molecule has 0 aliphatic heterocycles. The molecule has 0 amide bonds. The van der Waals surface area contributed by atoms with Crippen LogP contribution in [0.25, 0.3) is 0 Å². The monoisotopic (exact) mass is 417 g/mol. The van der Waals surface area contributed by atoms with Gasteiger partial charge in [-0.25, -0.2) is 0 Å². The fraction of sp³-hybridized carbons (Fsp3) is 0.333. The van der Waals surface area contributed by atoms with Gasteiger partial charge in [-0.05, 0) is 72.6 Å². The first-order valence-corrected chi connectivity index (χ1v) is 11.1. The maximum Gasteiger partial charge on any atom is 0.120 e. The number of aliphatic hydroxyl groups is 1. The lowest BCUT2D eigenvalue weighted by molar-refractivity contribution is 0.0645. The predicted molar refractivity (Wildman–Crippen MR) is 123 cm³/mol. The standard InChI is InChI=1S/C27H31NO3/c28-27(26(29)19-31-24-12-5-2-6-13-24)22-11-7-10-21-14-15-25(17-23(21)16-22)30-18-20-8-3-1-4-9-20/h1-6,8-9,12-15,17,22,26-27,29H,7,10-11,16,18-19,28H2/t22?,26-,27?/m1/s1. The minimum absolute atomic E-state index is 0.203. The highest BCUT2D eigenvalue weighted by Crippen LogP contribution is 2.30. The second-order valence-corrected chi connectivity index (χ2v) is 8.33. The molecule has 3 atom stereocenters. The molecule has 2 unspecified atom stereocenters. The van der Waals surface area contributed by atoms with Gasteiger partial charge in [0.2, 0.25) is 0 Å². The molecule has 0 saturated heterocycles. The Hall–Kier alpha value is -2.82. The SMILES string of the molecule is NC(C1CCCc2ccc(OCc3ccccc3)cc2C1)[C@H](O)COc1ccccc1. The molecule has 3 N–H and O–H groups in total. The normalized spacial score (nSPS) is 17.8. The van der Waals surface area contributed by atoms with Gasteiger partial charge in [0.05, 0.1) is 0 Å². The van der Waals surface area contributed by atoms with E-state index in [-0.39, 0.29) is 18.6 Å². The molecule has 0 radical (unpaired) electrons. The van der Waals surface area contributed by atoms with E-state index < -0.39 is 6.10 Å². The summed E-state index contributed by atoms with van der Waals surface area (Å²) in [5, 5.41) is 10.7. The zero-order valence-corrected chi connectivity index (χ0v) is 17.8. The van der Waals surface area contributed by atoms with Crippen LogP contribution in [0.15, 0.2) is 78.9 Å². The second kappa shape index (κ2) is 10.5. The van der Waals surface area contributed by atoms with E-state index in [0.717, 1.165) is 42.7 Å². The minimum atomic E-state index is -0.704. The number of fused-ring (bicyclic) bond motifs is 1. The van der Waals surface area contributed by atoms with E-state index in [1.807, 2.05) is 48.5 Å².